The molecule has 1 aromatic heterocycles. The number of pyridine rings is 1. The molecule has 0 saturated carbocycles. The molecule has 0 bridgehead atoms. The summed E-state index contributed by atoms with van der Waals surface area (Å²) in [4.78, 5) is 6.36. The molecule has 4 heteroatoms. The SMILES string of the molecule is CN(C)c1cccnc1Oc1ccc2c(c1)CCC(c1ccccc1)O2. The summed E-state index contributed by atoms with van der Waals surface area (Å²) in [6, 6.07) is 20.3. The van der Waals surface area contributed by atoms with Gasteiger partial charge in [0.15, 0.2) is 0 Å². The Labute approximate surface area is 154 Å². The van der Waals surface area contributed by atoms with Crippen LogP contribution in [0, 0.1) is 0 Å². The third-order valence-corrected chi connectivity index (χ3v) is 4.60. The molecule has 0 aliphatic carbocycles. The highest BCUT2D eigenvalue weighted by atomic mass is 16.5. The molecule has 26 heavy (non-hydrogen) atoms. The van der Waals surface area contributed by atoms with Crippen LogP contribution in [0.3, 0.4) is 0 Å². The van der Waals surface area contributed by atoms with Crippen LogP contribution in [-0.4, -0.2) is 19.1 Å². The largest absolute Gasteiger partial charge is 0.485 e. The van der Waals surface area contributed by atoms with E-state index < -0.39 is 0 Å². The number of rotatable bonds is 4. The van der Waals surface area contributed by atoms with Crippen molar-refractivity contribution in [2.75, 3.05) is 19.0 Å². The lowest BCUT2D eigenvalue weighted by molar-refractivity contribution is 0.176. The van der Waals surface area contributed by atoms with Gasteiger partial charge in [0.1, 0.15) is 17.6 Å². The second-order valence-electron chi connectivity index (χ2n) is 6.65. The van der Waals surface area contributed by atoms with Gasteiger partial charge in [0.25, 0.3) is 0 Å². The maximum atomic E-state index is 6.21. The van der Waals surface area contributed by atoms with Crippen LogP contribution in [0.5, 0.6) is 17.4 Å². The summed E-state index contributed by atoms with van der Waals surface area (Å²) < 4.78 is 12.2. The Bertz CT molecular complexity index is 894. The van der Waals surface area contributed by atoms with Crippen molar-refractivity contribution in [3.05, 3.63) is 78.0 Å². The van der Waals surface area contributed by atoms with Crippen molar-refractivity contribution >= 4 is 5.69 Å². The minimum absolute atomic E-state index is 0.117. The van der Waals surface area contributed by atoms with Gasteiger partial charge in [-0.25, -0.2) is 4.98 Å². The number of fused-ring (bicyclic) bond motifs is 1. The number of nitrogens with zero attached hydrogens (tertiary/aromatic N) is 2. The number of hydrogen-bond donors (Lipinski definition) is 0. The van der Waals surface area contributed by atoms with Gasteiger partial charge in [-0.05, 0) is 54.3 Å². The van der Waals surface area contributed by atoms with Gasteiger partial charge in [-0.1, -0.05) is 30.3 Å². The number of aromatic nitrogens is 1. The lowest BCUT2D eigenvalue weighted by atomic mass is 9.97. The topological polar surface area (TPSA) is 34.6 Å². The van der Waals surface area contributed by atoms with E-state index in [9.17, 15) is 0 Å². The molecule has 0 saturated heterocycles. The first-order valence-corrected chi connectivity index (χ1v) is 8.85. The minimum atomic E-state index is 0.117. The molecule has 0 radical (unpaired) electrons. The van der Waals surface area contributed by atoms with Crippen LogP contribution in [0.15, 0.2) is 66.9 Å². The van der Waals surface area contributed by atoms with Crippen LogP contribution in [0.2, 0.25) is 0 Å². The Morgan fingerprint density at radius 2 is 1.88 bits per heavy atom. The molecule has 132 valence electrons. The molecule has 0 fully saturated rings. The Kier molecular flexibility index (Phi) is 4.48. The third-order valence-electron chi connectivity index (χ3n) is 4.60. The zero-order chi connectivity index (χ0) is 17.9. The summed E-state index contributed by atoms with van der Waals surface area (Å²) in [6.07, 6.45) is 3.79. The van der Waals surface area contributed by atoms with Gasteiger partial charge in [-0.15, -0.1) is 0 Å². The lowest BCUT2D eigenvalue weighted by Crippen LogP contribution is -2.15. The fraction of sp³-hybridized carbons (Fsp3) is 0.227. The molecule has 1 aliphatic rings. The molecular formula is C22H22N2O2. The molecular weight excluding hydrogens is 324 g/mol. The van der Waals surface area contributed by atoms with Gasteiger partial charge in [0, 0.05) is 20.3 Å². The lowest BCUT2D eigenvalue weighted by Gasteiger charge is -2.27. The summed E-state index contributed by atoms with van der Waals surface area (Å²) in [5.41, 5.74) is 3.35. The quantitative estimate of drug-likeness (QED) is 0.665. The van der Waals surface area contributed by atoms with Crippen LogP contribution < -0.4 is 14.4 Å². The maximum Gasteiger partial charge on any atom is 0.243 e. The highest BCUT2D eigenvalue weighted by Gasteiger charge is 2.22. The van der Waals surface area contributed by atoms with E-state index in [0.717, 1.165) is 30.0 Å². The van der Waals surface area contributed by atoms with Crippen molar-refractivity contribution in [1.82, 2.24) is 4.98 Å². The first kappa shape index (κ1) is 16.5. The zero-order valence-corrected chi connectivity index (χ0v) is 15.1. The molecule has 4 rings (SSSR count). The molecule has 0 spiro atoms. The van der Waals surface area contributed by atoms with Gasteiger partial charge in [0.2, 0.25) is 5.88 Å². The number of benzene rings is 2. The number of ether oxygens (including phenoxy) is 2. The molecule has 1 unspecified atom stereocenters. The standard InChI is InChI=1S/C22H22N2O2/c1-24(2)19-9-6-14-23-22(19)25-18-11-13-21-17(15-18)10-12-20(26-21)16-7-4-3-5-8-16/h3-9,11,13-15,20H,10,12H2,1-2H3. The van der Waals surface area contributed by atoms with Crippen molar-refractivity contribution in [2.24, 2.45) is 0 Å². The monoisotopic (exact) mass is 346 g/mol. The second-order valence-corrected chi connectivity index (χ2v) is 6.65. The predicted molar refractivity (Wildman–Crippen MR) is 103 cm³/mol. The second kappa shape index (κ2) is 7.08. The highest BCUT2D eigenvalue weighted by Crippen LogP contribution is 2.38. The average Bonchev–Trinajstić information content (AvgIpc) is 2.68. The summed E-state index contributed by atoms with van der Waals surface area (Å²) in [7, 11) is 3.96. The summed E-state index contributed by atoms with van der Waals surface area (Å²) >= 11 is 0. The van der Waals surface area contributed by atoms with Gasteiger partial charge in [0.05, 0.1) is 5.69 Å². The number of aryl methyl sites for hydroxylation is 1. The van der Waals surface area contributed by atoms with Gasteiger partial charge < -0.3 is 14.4 Å². The van der Waals surface area contributed by atoms with Crippen LogP contribution in [0.1, 0.15) is 23.7 Å². The summed E-state index contributed by atoms with van der Waals surface area (Å²) in [5.74, 6) is 2.33. The van der Waals surface area contributed by atoms with Gasteiger partial charge in [-0.2, -0.15) is 0 Å². The van der Waals surface area contributed by atoms with E-state index >= 15 is 0 Å². The van der Waals surface area contributed by atoms with E-state index in [4.69, 9.17) is 9.47 Å². The van der Waals surface area contributed by atoms with Crippen LogP contribution in [0.25, 0.3) is 0 Å². The first-order chi connectivity index (χ1) is 12.7. The fourth-order valence-electron chi connectivity index (χ4n) is 3.24. The summed E-state index contributed by atoms with van der Waals surface area (Å²) in [6.45, 7) is 0. The normalized spacial score (nSPS) is 15.7. The van der Waals surface area contributed by atoms with Gasteiger partial charge >= 0.3 is 0 Å². The van der Waals surface area contributed by atoms with Crippen molar-refractivity contribution in [2.45, 2.75) is 18.9 Å². The van der Waals surface area contributed by atoms with Crippen molar-refractivity contribution in [1.29, 1.82) is 0 Å². The molecule has 2 aromatic carbocycles. The minimum Gasteiger partial charge on any atom is -0.485 e. The molecule has 0 N–H and O–H groups in total. The van der Waals surface area contributed by atoms with Gasteiger partial charge in [-0.3, -0.25) is 0 Å². The van der Waals surface area contributed by atoms with Crippen molar-refractivity contribution < 1.29 is 9.47 Å². The van der Waals surface area contributed by atoms with Crippen molar-refractivity contribution in [3.8, 4) is 17.4 Å². The molecule has 4 nitrogen and oxygen atoms in total. The molecule has 3 aromatic rings. The van der Waals surface area contributed by atoms with E-state index in [2.05, 4.69) is 35.3 Å². The van der Waals surface area contributed by atoms with E-state index in [1.807, 2.05) is 49.3 Å². The van der Waals surface area contributed by atoms with E-state index in [-0.39, 0.29) is 6.10 Å². The zero-order valence-electron chi connectivity index (χ0n) is 15.1. The Hall–Kier alpha value is -3.01. The van der Waals surface area contributed by atoms with Crippen LogP contribution in [0.4, 0.5) is 5.69 Å². The van der Waals surface area contributed by atoms with E-state index in [1.165, 1.54) is 11.1 Å². The Balaban J connectivity index is 1.54. The average molecular weight is 346 g/mol. The molecule has 0 amide bonds. The molecule has 2 heterocycles. The smallest absolute Gasteiger partial charge is 0.243 e. The number of anilines is 1. The summed E-state index contributed by atoms with van der Waals surface area (Å²) in [5, 5.41) is 0. The van der Waals surface area contributed by atoms with Crippen molar-refractivity contribution in [3.63, 3.8) is 0 Å². The number of hydrogen-bond acceptors (Lipinski definition) is 4. The molecule has 1 atom stereocenters. The predicted octanol–water partition coefficient (Wildman–Crippen LogP) is 5.01. The first-order valence-electron chi connectivity index (χ1n) is 8.85. The molecule has 1 aliphatic heterocycles. The van der Waals surface area contributed by atoms with Crippen LogP contribution in [-0.2, 0) is 6.42 Å². The Morgan fingerprint density at radius 1 is 1.04 bits per heavy atom. The third kappa shape index (κ3) is 3.36. The highest BCUT2D eigenvalue weighted by molar-refractivity contribution is 5.55. The fourth-order valence-corrected chi connectivity index (χ4v) is 3.24. The maximum absolute atomic E-state index is 6.21. The Morgan fingerprint density at radius 3 is 2.69 bits per heavy atom. The van der Waals surface area contributed by atoms with Crippen LogP contribution >= 0.6 is 0 Å². The van der Waals surface area contributed by atoms with E-state index in [0.29, 0.717) is 5.88 Å². The van der Waals surface area contributed by atoms with E-state index in [1.54, 1.807) is 6.20 Å².